The highest BCUT2D eigenvalue weighted by Crippen LogP contribution is 2.52. The molecule has 4 aliphatic rings. The third-order valence-corrected chi connectivity index (χ3v) is 21.0. The van der Waals surface area contributed by atoms with Gasteiger partial charge in [-0.2, -0.15) is 0 Å². The van der Waals surface area contributed by atoms with Crippen molar-refractivity contribution < 1.29 is 0 Å². The standard InChI is InChI=1S/C24H32Si.C21H18Si.2C15H13Br.C2H6/c1-4-5-6-7-8-9-12-17-25-19-15-16-21-20-13-10-11-14-22(20)24(2,3)23(21)18-19;1-21(2)19-11-7-6-10-17(19)18-13-12-16(14-20(18)21)22-15-8-4-3-5-9-15;2*1-15(2)13-6-4-3-5-11(13)12-8-7-10(16)9-14(12)15;1-2/h10-11,13-16,18H,4-9,12,17H2,1-3H3;3-14H,1-2H3;2*3-9H,1-2H3;1-2H3. The maximum absolute atomic E-state index is 3.56. The Hall–Kier alpha value is -5.63. The number of unbranched alkanes of at least 4 members (excludes halogenated alkanes) is 6. The fraction of sp³-hybridized carbons (Fsp3) is 0.299. The molecule has 13 rings (SSSR count). The minimum atomic E-state index is 0.100. The Morgan fingerprint density at radius 3 is 1.01 bits per heavy atom. The third kappa shape index (κ3) is 12.5. The molecule has 81 heavy (non-hydrogen) atoms. The summed E-state index contributed by atoms with van der Waals surface area (Å²) in [4.78, 5) is 0. The van der Waals surface area contributed by atoms with Crippen LogP contribution in [-0.2, 0) is 21.7 Å². The van der Waals surface area contributed by atoms with Crippen LogP contribution in [-0.4, -0.2) is 19.0 Å². The van der Waals surface area contributed by atoms with Gasteiger partial charge in [-0.15, -0.1) is 0 Å². The van der Waals surface area contributed by atoms with Gasteiger partial charge in [0.1, 0.15) is 9.52 Å². The van der Waals surface area contributed by atoms with E-state index in [0.29, 0.717) is 0 Å². The van der Waals surface area contributed by atoms with Crippen LogP contribution in [0.1, 0.15) is 166 Å². The molecule has 9 aromatic carbocycles. The van der Waals surface area contributed by atoms with Crippen molar-refractivity contribution in [3.63, 3.8) is 0 Å². The van der Waals surface area contributed by atoms with Crippen molar-refractivity contribution in [3.05, 3.63) is 254 Å². The lowest BCUT2D eigenvalue weighted by Crippen LogP contribution is -2.28. The SMILES string of the molecule is CC.CC1(C)c2ccccc2-c2ccc(Br)cc21.CC1(C)c2ccccc2-c2ccc(Br)cc21.CC1(C)c2ccccc2-c2ccc([Si]c3ccccc3)cc21.CCCCCCCCC[Si]c1ccc2c(c1)C(C)(C)c1ccccc1-2. The number of rotatable bonds is 11. The summed E-state index contributed by atoms with van der Waals surface area (Å²) in [6, 6.07) is 74.7. The average Bonchev–Trinajstić information content (AvgIpc) is 4.24. The molecule has 9 aromatic rings. The molecule has 0 aliphatic heterocycles. The number of hydrogen-bond donors (Lipinski definition) is 0. The van der Waals surface area contributed by atoms with Crippen molar-refractivity contribution in [2.45, 2.75) is 149 Å². The Balaban J connectivity index is 0.000000131. The first-order valence-corrected chi connectivity index (χ1v) is 33.7. The number of halogens is 2. The van der Waals surface area contributed by atoms with E-state index in [2.05, 4.69) is 294 Å². The van der Waals surface area contributed by atoms with Gasteiger partial charge in [0.15, 0.2) is 0 Å². The fourth-order valence-corrected chi connectivity index (χ4v) is 15.9. The molecular formula is C77H82Br2Si2. The van der Waals surface area contributed by atoms with Crippen LogP contribution in [0.2, 0.25) is 6.04 Å². The minimum absolute atomic E-state index is 0.100. The Bertz CT molecular complexity index is 3510. The summed E-state index contributed by atoms with van der Waals surface area (Å²) >= 11 is 7.12. The molecule has 0 saturated carbocycles. The summed E-state index contributed by atoms with van der Waals surface area (Å²) < 4.78 is 2.32. The van der Waals surface area contributed by atoms with E-state index >= 15 is 0 Å². The third-order valence-electron chi connectivity index (χ3n) is 17.4. The molecule has 0 bridgehead atoms. The molecule has 0 unspecified atom stereocenters. The Morgan fingerprint density at radius 1 is 0.296 bits per heavy atom. The van der Waals surface area contributed by atoms with Crippen molar-refractivity contribution in [1.82, 2.24) is 0 Å². The average molecular weight is 1220 g/mol. The quantitative estimate of drug-likeness (QED) is 0.0894. The highest BCUT2D eigenvalue weighted by molar-refractivity contribution is 9.10. The Labute approximate surface area is 509 Å². The van der Waals surface area contributed by atoms with E-state index in [4.69, 9.17) is 0 Å². The van der Waals surface area contributed by atoms with Gasteiger partial charge in [-0.3, -0.25) is 0 Å². The van der Waals surface area contributed by atoms with Crippen LogP contribution in [0.25, 0.3) is 44.5 Å². The zero-order valence-electron chi connectivity index (χ0n) is 50.0. The van der Waals surface area contributed by atoms with E-state index < -0.39 is 0 Å². The molecule has 0 N–H and O–H groups in total. The van der Waals surface area contributed by atoms with E-state index in [1.165, 1.54) is 150 Å². The normalized spacial score (nSPS) is 14.6. The van der Waals surface area contributed by atoms with Gasteiger partial charge < -0.3 is 0 Å². The van der Waals surface area contributed by atoms with E-state index in [0.717, 1.165) is 28.0 Å². The first-order valence-electron chi connectivity index (χ1n) is 29.9. The smallest absolute Gasteiger partial charge is 0.0683 e. The molecule has 0 amide bonds. The monoisotopic (exact) mass is 1220 g/mol. The highest BCUT2D eigenvalue weighted by atomic mass is 79.9. The number of fused-ring (bicyclic) bond motifs is 12. The highest BCUT2D eigenvalue weighted by Gasteiger charge is 2.38. The maximum atomic E-state index is 3.56. The second-order valence-electron chi connectivity index (χ2n) is 24.1. The molecule has 4 aliphatic carbocycles. The van der Waals surface area contributed by atoms with E-state index in [1.807, 2.05) is 13.8 Å². The molecule has 4 heteroatoms. The minimum Gasteiger partial charge on any atom is -0.0683 e. The van der Waals surface area contributed by atoms with Gasteiger partial charge >= 0.3 is 0 Å². The molecular weight excluding hydrogens is 1140 g/mol. The summed E-state index contributed by atoms with van der Waals surface area (Å²) in [6.45, 7) is 24.9. The zero-order valence-corrected chi connectivity index (χ0v) is 55.1. The number of hydrogen-bond acceptors (Lipinski definition) is 0. The van der Waals surface area contributed by atoms with Crippen LogP contribution < -0.4 is 15.6 Å². The van der Waals surface area contributed by atoms with E-state index in [9.17, 15) is 0 Å². The van der Waals surface area contributed by atoms with Crippen molar-refractivity contribution in [2.75, 3.05) is 0 Å². The molecule has 0 atom stereocenters. The summed E-state index contributed by atoms with van der Waals surface area (Å²) in [5.74, 6) is 0. The van der Waals surface area contributed by atoms with Crippen LogP contribution in [0.3, 0.4) is 0 Å². The van der Waals surface area contributed by atoms with Gasteiger partial charge in [-0.1, -0.05) is 350 Å². The summed E-state index contributed by atoms with van der Waals surface area (Å²) in [7, 11) is 1.69. The van der Waals surface area contributed by atoms with E-state index in [-0.39, 0.29) is 21.7 Å². The molecule has 0 spiro atoms. The summed E-state index contributed by atoms with van der Waals surface area (Å²) in [5, 5.41) is 4.37. The van der Waals surface area contributed by atoms with Gasteiger partial charge in [0.05, 0.1) is 9.52 Å². The summed E-state index contributed by atoms with van der Waals surface area (Å²) in [5.41, 5.74) is 23.3. The molecule has 0 nitrogen and oxygen atoms in total. The van der Waals surface area contributed by atoms with Crippen molar-refractivity contribution >= 4 is 66.5 Å². The molecule has 4 radical (unpaired) electrons. The lowest BCUT2D eigenvalue weighted by Gasteiger charge is -2.21. The predicted octanol–water partition coefficient (Wildman–Crippen LogP) is 20.7. The largest absolute Gasteiger partial charge is 0.121 e. The second kappa shape index (κ2) is 25.9. The zero-order chi connectivity index (χ0) is 57.5. The van der Waals surface area contributed by atoms with Gasteiger partial charge in [-0.05, 0) is 113 Å². The van der Waals surface area contributed by atoms with Crippen LogP contribution >= 0.6 is 31.9 Å². The summed E-state index contributed by atoms with van der Waals surface area (Å²) in [6.07, 6.45) is 9.86. The molecule has 0 saturated heterocycles. The van der Waals surface area contributed by atoms with Crippen molar-refractivity contribution in [1.29, 1.82) is 0 Å². The Morgan fingerprint density at radius 2 is 0.605 bits per heavy atom. The molecule has 0 aromatic heterocycles. The van der Waals surface area contributed by atoms with Gasteiger partial charge in [0, 0.05) is 30.6 Å². The van der Waals surface area contributed by atoms with Crippen molar-refractivity contribution in [3.8, 4) is 44.5 Å². The maximum Gasteiger partial charge on any atom is 0.121 e. The molecule has 0 heterocycles. The van der Waals surface area contributed by atoms with Crippen LogP contribution in [0.4, 0.5) is 0 Å². The lowest BCUT2D eigenvalue weighted by atomic mass is 9.82. The van der Waals surface area contributed by atoms with Crippen LogP contribution in [0.15, 0.2) is 209 Å². The van der Waals surface area contributed by atoms with Crippen molar-refractivity contribution in [2.24, 2.45) is 0 Å². The van der Waals surface area contributed by atoms with Gasteiger partial charge in [-0.25, -0.2) is 0 Å². The first-order chi connectivity index (χ1) is 39.0. The topological polar surface area (TPSA) is 0 Å². The Kier molecular flexibility index (Phi) is 19.2. The second-order valence-corrected chi connectivity index (χ2v) is 28.8. The molecule has 0 fully saturated rings. The van der Waals surface area contributed by atoms with Crippen LogP contribution in [0.5, 0.6) is 0 Å². The fourth-order valence-electron chi connectivity index (χ4n) is 13.0. The number of benzene rings is 9. The molecule has 412 valence electrons. The van der Waals surface area contributed by atoms with Gasteiger partial charge in [0.25, 0.3) is 0 Å². The van der Waals surface area contributed by atoms with Crippen LogP contribution in [0, 0.1) is 0 Å². The predicted molar refractivity (Wildman–Crippen MR) is 362 cm³/mol. The first kappa shape index (κ1) is 60.0. The van der Waals surface area contributed by atoms with Gasteiger partial charge in [0.2, 0.25) is 0 Å². The lowest BCUT2D eigenvalue weighted by molar-refractivity contribution is 0.601. The van der Waals surface area contributed by atoms with E-state index in [1.54, 1.807) is 5.19 Å².